The molecule has 0 unspecified atom stereocenters. The third-order valence-electron chi connectivity index (χ3n) is 3.91. The zero-order chi connectivity index (χ0) is 15.1. The summed E-state index contributed by atoms with van der Waals surface area (Å²) in [6.45, 7) is 15.6. The fraction of sp³-hybridized carbons (Fsp3) is 0.400. The maximum atomic E-state index is 2.35. The van der Waals surface area contributed by atoms with Crippen molar-refractivity contribution in [3.8, 4) is 11.1 Å². The van der Waals surface area contributed by atoms with E-state index in [-0.39, 0.29) is 5.41 Å². The molecule has 2 aromatic carbocycles. The van der Waals surface area contributed by atoms with Gasteiger partial charge in [-0.3, -0.25) is 0 Å². The average molecular weight is 266 g/mol. The van der Waals surface area contributed by atoms with E-state index in [1.165, 1.54) is 38.9 Å². The Balaban J connectivity index is 2.64. The summed E-state index contributed by atoms with van der Waals surface area (Å²) in [5, 5.41) is 0. The number of hydrogen-bond acceptors (Lipinski definition) is 0. The lowest BCUT2D eigenvalue weighted by molar-refractivity contribution is 0.589. The molecule has 0 aliphatic carbocycles. The molecule has 0 heterocycles. The molecule has 0 radical (unpaired) electrons. The molecule has 0 aromatic heterocycles. The lowest BCUT2D eigenvalue weighted by Gasteiger charge is -2.22. The van der Waals surface area contributed by atoms with Crippen LogP contribution in [0.1, 0.15) is 48.6 Å². The smallest absolute Gasteiger partial charge is 0.0125 e. The molecule has 0 heteroatoms. The van der Waals surface area contributed by atoms with E-state index in [2.05, 4.69) is 78.8 Å². The van der Waals surface area contributed by atoms with Gasteiger partial charge in [0.1, 0.15) is 0 Å². The molecule has 0 fully saturated rings. The van der Waals surface area contributed by atoms with E-state index in [4.69, 9.17) is 0 Å². The van der Waals surface area contributed by atoms with Crippen LogP contribution in [0.15, 0.2) is 30.3 Å². The van der Waals surface area contributed by atoms with Crippen LogP contribution in [0.3, 0.4) is 0 Å². The molecule has 0 N–H and O–H groups in total. The van der Waals surface area contributed by atoms with Crippen molar-refractivity contribution in [2.45, 2.75) is 53.9 Å². The molecule has 0 nitrogen and oxygen atoms in total. The lowest BCUT2D eigenvalue weighted by atomic mass is 9.82. The van der Waals surface area contributed by atoms with Gasteiger partial charge in [-0.2, -0.15) is 0 Å². The molecular weight excluding hydrogens is 240 g/mol. The molecule has 0 aliphatic rings. The van der Waals surface area contributed by atoms with Gasteiger partial charge < -0.3 is 0 Å². The quantitative estimate of drug-likeness (QED) is 0.604. The van der Waals surface area contributed by atoms with Crippen LogP contribution < -0.4 is 0 Å². The minimum absolute atomic E-state index is 0.205. The van der Waals surface area contributed by atoms with Crippen LogP contribution in [-0.2, 0) is 5.41 Å². The van der Waals surface area contributed by atoms with Crippen molar-refractivity contribution in [2.75, 3.05) is 0 Å². The van der Waals surface area contributed by atoms with Crippen LogP contribution in [-0.4, -0.2) is 0 Å². The van der Waals surface area contributed by atoms with E-state index in [9.17, 15) is 0 Å². The van der Waals surface area contributed by atoms with Crippen molar-refractivity contribution in [1.29, 1.82) is 0 Å². The third-order valence-corrected chi connectivity index (χ3v) is 3.91. The minimum atomic E-state index is 0.205. The fourth-order valence-electron chi connectivity index (χ4n) is 2.97. The van der Waals surface area contributed by atoms with Crippen LogP contribution >= 0.6 is 0 Å². The van der Waals surface area contributed by atoms with E-state index in [0.717, 1.165) is 0 Å². The number of rotatable bonds is 1. The highest BCUT2D eigenvalue weighted by Gasteiger charge is 2.17. The Hall–Kier alpha value is -1.56. The zero-order valence-corrected chi connectivity index (χ0v) is 13.9. The highest BCUT2D eigenvalue weighted by Crippen LogP contribution is 2.33. The Morgan fingerprint density at radius 2 is 1.10 bits per heavy atom. The molecule has 0 aliphatic heterocycles. The first-order valence-electron chi connectivity index (χ1n) is 7.39. The predicted molar refractivity (Wildman–Crippen MR) is 89.5 cm³/mol. The molecule has 2 aromatic rings. The van der Waals surface area contributed by atoms with Gasteiger partial charge in [0.05, 0.1) is 0 Å². The van der Waals surface area contributed by atoms with Gasteiger partial charge in [-0.05, 0) is 60.9 Å². The highest BCUT2D eigenvalue weighted by molar-refractivity contribution is 5.72. The largest absolute Gasteiger partial charge is 0.0563 e. The van der Waals surface area contributed by atoms with Crippen molar-refractivity contribution in [1.82, 2.24) is 0 Å². The second-order valence-corrected chi connectivity index (χ2v) is 7.11. The summed E-state index contributed by atoms with van der Waals surface area (Å²) in [5.74, 6) is 0. The predicted octanol–water partition coefficient (Wildman–Crippen LogP) is 5.88. The number of benzene rings is 2. The van der Waals surface area contributed by atoms with Gasteiger partial charge in [0.2, 0.25) is 0 Å². The Morgan fingerprint density at radius 1 is 0.650 bits per heavy atom. The first kappa shape index (κ1) is 14.8. The zero-order valence-electron chi connectivity index (χ0n) is 13.9. The molecule has 2 rings (SSSR count). The Kier molecular flexibility index (Phi) is 3.77. The molecule has 0 bridgehead atoms. The summed E-state index contributed by atoms with van der Waals surface area (Å²) < 4.78 is 0. The third kappa shape index (κ3) is 2.95. The Morgan fingerprint density at radius 3 is 1.50 bits per heavy atom. The highest BCUT2D eigenvalue weighted by atomic mass is 14.2. The van der Waals surface area contributed by atoms with Crippen LogP contribution in [0.5, 0.6) is 0 Å². The van der Waals surface area contributed by atoms with Gasteiger partial charge in [0.15, 0.2) is 0 Å². The number of hydrogen-bond donors (Lipinski definition) is 0. The van der Waals surface area contributed by atoms with E-state index < -0.39 is 0 Å². The first-order chi connectivity index (χ1) is 9.18. The molecule has 106 valence electrons. The molecule has 0 atom stereocenters. The normalized spacial score (nSPS) is 11.8. The van der Waals surface area contributed by atoms with Gasteiger partial charge in [-0.15, -0.1) is 0 Å². The van der Waals surface area contributed by atoms with Gasteiger partial charge >= 0.3 is 0 Å². The second kappa shape index (κ2) is 5.09. The molecule has 20 heavy (non-hydrogen) atoms. The fourth-order valence-corrected chi connectivity index (χ4v) is 2.97. The molecule has 0 saturated carbocycles. The van der Waals surface area contributed by atoms with E-state index in [1.807, 2.05) is 0 Å². The summed E-state index contributed by atoms with van der Waals surface area (Å²) in [6, 6.07) is 11.5. The summed E-state index contributed by atoms with van der Waals surface area (Å²) >= 11 is 0. The summed E-state index contributed by atoms with van der Waals surface area (Å²) in [6.07, 6.45) is 0. The molecule has 0 saturated heterocycles. The average Bonchev–Trinajstić information content (AvgIpc) is 2.25. The summed E-state index contributed by atoms with van der Waals surface area (Å²) in [5.41, 5.74) is 9.77. The Labute approximate surface area is 123 Å². The van der Waals surface area contributed by atoms with Crippen molar-refractivity contribution >= 4 is 0 Å². The van der Waals surface area contributed by atoms with Gasteiger partial charge in [0.25, 0.3) is 0 Å². The van der Waals surface area contributed by atoms with Crippen LogP contribution in [0.4, 0.5) is 0 Å². The topological polar surface area (TPSA) is 0 Å². The van der Waals surface area contributed by atoms with Gasteiger partial charge in [0, 0.05) is 0 Å². The molecular formula is C20H26. The van der Waals surface area contributed by atoms with Crippen LogP contribution in [0, 0.1) is 27.7 Å². The maximum Gasteiger partial charge on any atom is -0.0125 e. The second-order valence-electron chi connectivity index (χ2n) is 7.11. The summed E-state index contributed by atoms with van der Waals surface area (Å²) in [7, 11) is 0. The summed E-state index contributed by atoms with van der Waals surface area (Å²) in [4.78, 5) is 0. The van der Waals surface area contributed by atoms with Gasteiger partial charge in [-0.25, -0.2) is 0 Å². The van der Waals surface area contributed by atoms with Crippen molar-refractivity contribution in [3.63, 3.8) is 0 Å². The van der Waals surface area contributed by atoms with Crippen molar-refractivity contribution in [3.05, 3.63) is 58.1 Å². The molecule has 0 spiro atoms. The first-order valence-corrected chi connectivity index (χ1v) is 7.39. The SMILES string of the molecule is Cc1cc(C)cc(-c2c(C)cc(C(C)(C)C)cc2C)c1. The van der Waals surface area contributed by atoms with Crippen LogP contribution in [0.25, 0.3) is 11.1 Å². The van der Waals surface area contributed by atoms with Crippen LogP contribution in [0.2, 0.25) is 0 Å². The van der Waals surface area contributed by atoms with Crippen molar-refractivity contribution < 1.29 is 0 Å². The van der Waals surface area contributed by atoms with E-state index in [0.29, 0.717) is 0 Å². The lowest BCUT2D eigenvalue weighted by Crippen LogP contribution is -2.12. The monoisotopic (exact) mass is 266 g/mol. The Bertz CT molecular complexity index is 596. The minimum Gasteiger partial charge on any atom is -0.0563 e. The maximum absolute atomic E-state index is 2.35. The standard InChI is InChI=1S/C20H26/c1-13-8-14(2)10-17(9-13)19-15(3)11-18(12-16(19)4)20(5,6)7/h8-12H,1-7H3. The van der Waals surface area contributed by atoms with Crippen molar-refractivity contribution in [2.24, 2.45) is 0 Å². The van der Waals surface area contributed by atoms with E-state index in [1.54, 1.807) is 0 Å². The number of aryl methyl sites for hydroxylation is 4. The van der Waals surface area contributed by atoms with E-state index >= 15 is 0 Å². The molecule has 0 amide bonds. The van der Waals surface area contributed by atoms with Gasteiger partial charge in [-0.1, -0.05) is 62.2 Å².